The minimum absolute atomic E-state index is 0.203. The molecule has 2 aromatic rings. The van der Waals surface area contributed by atoms with E-state index in [2.05, 4.69) is 0 Å². The van der Waals surface area contributed by atoms with Crippen LogP contribution in [0.2, 0.25) is 0 Å². The smallest absolute Gasteiger partial charge is 0.231 e. The average molecular weight is 286 g/mol. The van der Waals surface area contributed by atoms with Gasteiger partial charge in [0, 0.05) is 0 Å². The van der Waals surface area contributed by atoms with Crippen molar-refractivity contribution in [3.63, 3.8) is 0 Å². The first-order chi connectivity index (χ1) is 10.1. The Bertz CT molecular complexity index is 666. The minimum atomic E-state index is -0.696. The van der Waals surface area contributed by atoms with Crippen LogP contribution in [0.25, 0.3) is 0 Å². The van der Waals surface area contributed by atoms with E-state index in [4.69, 9.17) is 9.47 Å². The second-order valence-corrected chi connectivity index (χ2v) is 5.41. The Balaban J connectivity index is 1.92. The van der Waals surface area contributed by atoms with Crippen molar-refractivity contribution >= 4 is 6.29 Å². The molecule has 1 aliphatic heterocycles. The molecule has 0 saturated heterocycles. The highest BCUT2D eigenvalue weighted by atomic mass is 19.1. The maximum Gasteiger partial charge on any atom is 0.231 e. The van der Waals surface area contributed by atoms with Crippen molar-refractivity contribution in [1.29, 1.82) is 0 Å². The molecule has 0 saturated carbocycles. The number of halogens is 1. The molecule has 4 heteroatoms. The molecule has 108 valence electrons. The van der Waals surface area contributed by atoms with E-state index in [9.17, 15) is 9.18 Å². The summed E-state index contributed by atoms with van der Waals surface area (Å²) in [4.78, 5) is 11.7. The van der Waals surface area contributed by atoms with Crippen LogP contribution < -0.4 is 9.47 Å². The number of benzene rings is 2. The summed E-state index contributed by atoms with van der Waals surface area (Å²) in [5.74, 6) is 1.06. The highest BCUT2D eigenvalue weighted by molar-refractivity contribution is 5.69. The van der Waals surface area contributed by atoms with E-state index < -0.39 is 5.41 Å². The van der Waals surface area contributed by atoms with Crippen molar-refractivity contribution < 1.29 is 18.7 Å². The van der Waals surface area contributed by atoms with Crippen LogP contribution in [0.4, 0.5) is 4.39 Å². The molecule has 0 aliphatic carbocycles. The number of aldehydes is 1. The Morgan fingerprint density at radius 1 is 1.14 bits per heavy atom. The predicted molar refractivity (Wildman–Crippen MR) is 76.1 cm³/mol. The van der Waals surface area contributed by atoms with Crippen molar-refractivity contribution in [2.75, 3.05) is 6.79 Å². The molecule has 1 atom stereocenters. The van der Waals surface area contributed by atoms with Gasteiger partial charge in [0.2, 0.25) is 6.79 Å². The molecular formula is C17H15FO3. The van der Waals surface area contributed by atoms with E-state index in [1.54, 1.807) is 12.1 Å². The second kappa shape index (κ2) is 5.20. The number of carbonyl (C=O) groups excluding carboxylic acids is 1. The highest BCUT2D eigenvalue weighted by Gasteiger charge is 2.28. The third-order valence-electron chi connectivity index (χ3n) is 3.78. The van der Waals surface area contributed by atoms with Crippen LogP contribution in [0.1, 0.15) is 18.1 Å². The molecule has 1 unspecified atom stereocenters. The van der Waals surface area contributed by atoms with Gasteiger partial charge in [-0.05, 0) is 48.7 Å². The normalized spacial score (nSPS) is 15.5. The summed E-state index contributed by atoms with van der Waals surface area (Å²) in [6.45, 7) is 2.06. The van der Waals surface area contributed by atoms with Crippen LogP contribution in [-0.4, -0.2) is 13.1 Å². The van der Waals surface area contributed by atoms with E-state index >= 15 is 0 Å². The zero-order valence-electron chi connectivity index (χ0n) is 11.6. The molecule has 3 rings (SSSR count). The fraction of sp³-hybridized carbons (Fsp3) is 0.235. The van der Waals surface area contributed by atoms with Gasteiger partial charge in [-0.15, -0.1) is 0 Å². The van der Waals surface area contributed by atoms with Crippen molar-refractivity contribution in [3.8, 4) is 11.5 Å². The van der Waals surface area contributed by atoms with Crippen molar-refractivity contribution in [2.24, 2.45) is 0 Å². The van der Waals surface area contributed by atoms with E-state index in [1.165, 1.54) is 12.1 Å². The molecule has 0 amide bonds. The molecule has 0 bridgehead atoms. The van der Waals surface area contributed by atoms with Crippen molar-refractivity contribution in [2.45, 2.75) is 18.8 Å². The van der Waals surface area contributed by atoms with Gasteiger partial charge in [0.05, 0.1) is 5.41 Å². The van der Waals surface area contributed by atoms with Gasteiger partial charge >= 0.3 is 0 Å². The molecule has 0 radical (unpaired) electrons. The van der Waals surface area contributed by atoms with Gasteiger partial charge in [-0.2, -0.15) is 0 Å². The zero-order valence-corrected chi connectivity index (χ0v) is 11.6. The Morgan fingerprint density at radius 3 is 2.57 bits per heavy atom. The van der Waals surface area contributed by atoms with Gasteiger partial charge < -0.3 is 14.3 Å². The molecule has 0 fully saturated rings. The van der Waals surface area contributed by atoms with E-state index in [-0.39, 0.29) is 12.6 Å². The Morgan fingerprint density at radius 2 is 1.86 bits per heavy atom. The Hall–Kier alpha value is -2.36. The van der Waals surface area contributed by atoms with Crippen molar-refractivity contribution in [1.82, 2.24) is 0 Å². The lowest BCUT2D eigenvalue weighted by atomic mass is 9.78. The first-order valence-corrected chi connectivity index (χ1v) is 6.72. The number of fused-ring (bicyclic) bond motifs is 1. The van der Waals surface area contributed by atoms with Gasteiger partial charge in [0.1, 0.15) is 12.1 Å². The Labute approximate surface area is 122 Å². The van der Waals surface area contributed by atoms with Gasteiger partial charge in [0.15, 0.2) is 11.5 Å². The lowest BCUT2D eigenvalue weighted by Gasteiger charge is -2.24. The predicted octanol–water partition coefficient (Wildman–Crippen LogP) is 3.25. The maximum absolute atomic E-state index is 13.0. The first kappa shape index (κ1) is 13.6. The van der Waals surface area contributed by atoms with Gasteiger partial charge in [0.25, 0.3) is 0 Å². The molecule has 1 heterocycles. The lowest BCUT2D eigenvalue weighted by molar-refractivity contribution is -0.112. The molecule has 0 aromatic heterocycles. The van der Waals surface area contributed by atoms with Gasteiger partial charge in [-0.25, -0.2) is 4.39 Å². The largest absolute Gasteiger partial charge is 0.454 e. The standard InChI is InChI=1S/C17H15FO3/c1-17(10-19,9-12-2-5-14(18)6-3-12)13-4-7-15-16(8-13)21-11-20-15/h2-8,10H,9,11H2,1H3. The maximum atomic E-state index is 13.0. The monoisotopic (exact) mass is 286 g/mol. The third kappa shape index (κ3) is 2.61. The van der Waals surface area contributed by atoms with Gasteiger partial charge in [-0.3, -0.25) is 0 Å². The summed E-state index contributed by atoms with van der Waals surface area (Å²) in [5, 5.41) is 0. The van der Waals surface area contributed by atoms with Crippen LogP contribution in [-0.2, 0) is 16.6 Å². The number of ether oxygens (including phenoxy) is 2. The molecule has 1 aliphatic rings. The molecule has 3 nitrogen and oxygen atoms in total. The van der Waals surface area contributed by atoms with Crippen LogP contribution in [0.5, 0.6) is 11.5 Å². The first-order valence-electron chi connectivity index (χ1n) is 6.72. The van der Waals surface area contributed by atoms with Crippen LogP contribution >= 0.6 is 0 Å². The molecule has 0 N–H and O–H groups in total. The topological polar surface area (TPSA) is 35.5 Å². The molecule has 21 heavy (non-hydrogen) atoms. The number of rotatable bonds is 4. The number of carbonyl (C=O) groups is 1. The summed E-state index contributed by atoms with van der Waals surface area (Å²) in [6.07, 6.45) is 1.42. The summed E-state index contributed by atoms with van der Waals surface area (Å²) >= 11 is 0. The Kier molecular flexibility index (Phi) is 3.37. The summed E-state index contributed by atoms with van der Waals surface area (Å²) < 4.78 is 23.6. The lowest BCUT2D eigenvalue weighted by Crippen LogP contribution is -2.26. The molecular weight excluding hydrogens is 271 g/mol. The number of hydrogen-bond donors (Lipinski definition) is 0. The van der Waals surface area contributed by atoms with Crippen LogP contribution in [0.15, 0.2) is 42.5 Å². The van der Waals surface area contributed by atoms with E-state index in [0.29, 0.717) is 17.9 Å². The summed E-state index contributed by atoms with van der Waals surface area (Å²) in [7, 11) is 0. The quantitative estimate of drug-likeness (QED) is 0.809. The zero-order chi connectivity index (χ0) is 14.9. The summed E-state index contributed by atoms with van der Waals surface area (Å²) in [5.41, 5.74) is 1.06. The molecule has 2 aromatic carbocycles. The summed E-state index contributed by atoms with van der Waals surface area (Å²) in [6, 6.07) is 11.7. The van der Waals surface area contributed by atoms with Crippen molar-refractivity contribution in [3.05, 3.63) is 59.4 Å². The number of hydrogen-bond acceptors (Lipinski definition) is 3. The molecule has 0 spiro atoms. The third-order valence-corrected chi connectivity index (χ3v) is 3.78. The van der Waals surface area contributed by atoms with Crippen LogP contribution in [0, 0.1) is 5.82 Å². The fourth-order valence-corrected chi connectivity index (χ4v) is 2.49. The van der Waals surface area contributed by atoms with E-state index in [1.807, 2.05) is 25.1 Å². The SMILES string of the molecule is CC(C=O)(Cc1ccc(F)cc1)c1ccc2c(c1)OCO2. The minimum Gasteiger partial charge on any atom is -0.454 e. The fourth-order valence-electron chi connectivity index (χ4n) is 2.49. The van der Waals surface area contributed by atoms with E-state index in [0.717, 1.165) is 17.4 Å². The average Bonchev–Trinajstić information content (AvgIpc) is 2.97. The van der Waals surface area contributed by atoms with Gasteiger partial charge in [-0.1, -0.05) is 18.2 Å². The van der Waals surface area contributed by atoms with Crippen LogP contribution in [0.3, 0.4) is 0 Å². The highest BCUT2D eigenvalue weighted by Crippen LogP contribution is 2.37. The second-order valence-electron chi connectivity index (χ2n) is 5.41.